The van der Waals surface area contributed by atoms with Gasteiger partial charge in [0.2, 0.25) is 0 Å². The van der Waals surface area contributed by atoms with Crippen LogP contribution in [0, 0.1) is 5.41 Å². The molecular formula is C19H29NO. The first-order valence-corrected chi connectivity index (χ1v) is 8.59. The average Bonchev–Trinajstić information content (AvgIpc) is 2.50. The molecule has 21 heavy (non-hydrogen) atoms. The summed E-state index contributed by atoms with van der Waals surface area (Å²) in [5.74, 6) is 0. The molecule has 1 aliphatic heterocycles. The van der Waals surface area contributed by atoms with Crippen molar-refractivity contribution in [3.63, 3.8) is 0 Å². The van der Waals surface area contributed by atoms with E-state index in [1.54, 1.807) is 0 Å². The summed E-state index contributed by atoms with van der Waals surface area (Å²) >= 11 is 0. The van der Waals surface area contributed by atoms with E-state index in [9.17, 15) is 0 Å². The lowest BCUT2D eigenvalue weighted by Crippen LogP contribution is -2.39. The smallest absolute Gasteiger partial charge is 0.0587 e. The van der Waals surface area contributed by atoms with Crippen molar-refractivity contribution in [1.82, 2.24) is 5.32 Å². The molecule has 0 aromatic heterocycles. The predicted octanol–water partition coefficient (Wildman–Crippen LogP) is 4.25. The number of rotatable bonds is 4. The van der Waals surface area contributed by atoms with Crippen molar-refractivity contribution in [2.24, 2.45) is 5.41 Å². The molecule has 1 aromatic carbocycles. The molecule has 3 rings (SSSR count). The zero-order chi connectivity index (χ0) is 14.7. The van der Waals surface area contributed by atoms with E-state index in [1.807, 2.05) is 0 Å². The van der Waals surface area contributed by atoms with Crippen LogP contribution in [0.15, 0.2) is 24.3 Å². The van der Waals surface area contributed by atoms with Gasteiger partial charge in [-0.2, -0.15) is 0 Å². The summed E-state index contributed by atoms with van der Waals surface area (Å²) in [5, 5.41) is 3.84. The third kappa shape index (κ3) is 3.49. The number of aryl methyl sites for hydroxylation is 1. The standard InChI is InChI=1S/C19H29NO/c1-19(2)12-10-15-7-3-4-9-17(15)18(19)20-13-11-16-8-5-6-14-21-16/h3-4,7,9,16,18,20H,5-6,8,10-14H2,1-2H3. The Labute approximate surface area is 129 Å². The van der Waals surface area contributed by atoms with E-state index in [1.165, 1.54) is 43.2 Å². The zero-order valence-electron chi connectivity index (χ0n) is 13.5. The molecular weight excluding hydrogens is 258 g/mol. The van der Waals surface area contributed by atoms with Crippen LogP contribution in [-0.4, -0.2) is 19.3 Å². The van der Waals surface area contributed by atoms with Gasteiger partial charge < -0.3 is 10.1 Å². The molecule has 1 saturated heterocycles. The Balaban J connectivity index is 1.62. The molecule has 1 fully saturated rings. The molecule has 0 amide bonds. The first-order chi connectivity index (χ1) is 10.2. The van der Waals surface area contributed by atoms with Crippen LogP contribution in [0.5, 0.6) is 0 Å². The first-order valence-electron chi connectivity index (χ1n) is 8.59. The topological polar surface area (TPSA) is 21.3 Å². The van der Waals surface area contributed by atoms with Gasteiger partial charge in [0.1, 0.15) is 0 Å². The lowest BCUT2D eigenvalue weighted by Gasteiger charge is -2.41. The highest BCUT2D eigenvalue weighted by Crippen LogP contribution is 2.43. The van der Waals surface area contributed by atoms with Gasteiger partial charge in [0, 0.05) is 12.6 Å². The maximum atomic E-state index is 5.85. The molecule has 0 spiro atoms. The molecule has 1 aromatic rings. The van der Waals surface area contributed by atoms with Gasteiger partial charge in [-0.3, -0.25) is 0 Å². The normalized spacial score (nSPS) is 28.1. The van der Waals surface area contributed by atoms with Crippen LogP contribution in [0.2, 0.25) is 0 Å². The summed E-state index contributed by atoms with van der Waals surface area (Å²) in [6.45, 7) is 6.82. The Kier molecular flexibility index (Phi) is 4.66. The highest BCUT2D eigenvalue weighted by Gasteiger charge is 2.35. The van der Waals surface area contributed by atoms with Gasteiger partial charge in [-0.25, -0.2) is 0 Å². The molecule has 2 unspecified atom stereocenters. The minimum absolute atomic E-state index is 0.335. The van der Waals surface area contributed by atoms with Gasteiger partial charge in [0.05, 0.1) is 6.10 Å². The Bertz CT molecular complexity index is 462. The van der Waals surface area contributed by atoms with Crippen LogP contribution in [0.4, 0.5) is 0 Å². The summed E-state index contributed by atoms with van der Waals surface area (Å²) in [5.41, 5.74) is 3.38. The molecule has 1 heterocycles. The molecule has 0 saturated carbocycles. The van der Waals surface area contributed by atoms with Gasteiger partial charge in [0.15, 0.2) is 0 Å². The van der Waals surface area contributed by atoms with Crippen LogP contribution >= 0.6 is 0 Å². The number of fused-ring (bicyclic) bond motifs is 1. The SMILES string of the molecule is CC1(C)CCc2ccccc2C1NCCC1CCCCO1. The first kappa shape index (κ1) is 15.1. The molecule has 2 nitrogen and oxygen atoms in total. The molecule has 1 aliphatic carbocycles. The van der Waals surface area contributed by atoms with E-state index in [0.717, 1.165) is 19.6 Å². The molecule has 1 N–H and O–H groups in total. The van der Waals surface area contributed by atoms with Crippen LogP contribution in [-0.2, 0) is 11.2 Å². The van der Waals surface area contributed by atoms with Crippen molar-refractivity contribution in [3.8, 4) is 0 Å². The number of nitrogens with one attached hydrogen (secondary N) is 1. The van der Waals surface area contributed by atoms with Gasteiger partial charge in [0.25, 0.3) is 0 Å². The molecule has 2 aliphatic rings. The zero-order valence-corrected chi connectivity index (χ0v) is 13.5. The number of ether oxygens (including phenoxy) is 1. The van der Waals surface area contributed by atoms with E-state index in [-0.39, 0.29) is 0 Å². The Morgan fingerprint density at radius 3 is 2.90 bits per heavy atom. The molecule has 2 atom stereocenters. The van der Waals surface area contributed by atoms with Crippen LogP contribution in [0.25, 0.3) is 0 Å². The van der Waals surface area contributed by atoms with Crippen LogP contribution in [0.3, 0.4) is 0 Å². The van der Waals surface area contributed by atoms with Gasteiger partial charge >= 0.3 is 0 Å². The fourth-order valence-corrected chi connectivity index (χ4v) is 3.88. The lowest BCUT2D eigenvalue weighted by molar-refractivity contribution is 0.0103. The maximum Gasteiger partial charge on any atom is 0.0587 e. The molecule has 0 radical (unpaired) electrons. The fourth-order valence-electron chi connectivity index (χ4n) is 3.88. The van der Waals surface area contributed by atoms with Crippen molar-refractivity contribution in [3.05, 3.63) is 35.4 Å². The minimum Gasteiger partial charge on any atom is -0.378 e. The highest BCUT2D eigenvalue weighted by molar-refractivity contribution is 5.34. The van der Waals surface area contributed by atoms with E-state index in [0.29, 0.717) is 17.6 Å². The average molecular weight is 287 g/mol. The van der Waals surface area contributed by atoms with Crippen LogP contribution < -0.4 is 5.32 Å². The third-order valence-electron chi connectivity index (χ3n) is 5.28. The summed E-state index contributed by atoms with van der Waals surface area (Å²) in [7, 11) is 0. The summed E-state index contributed by atoms with van der Waals surface area (Å²) in [6, 6.07) is 9.43. The second-order valence-electron chi connectivity index (χ2n) is 7.35. The van der Waals surface area contributed by atoms with E-state index in [4.69, 9.17) is 4.74 Å². The molecule has 116 valence electrons. The van der Waals surface area contributed by atoms with Crippen molar-refractivity contribution >= 4 is 0 Å². The van der Waals surface area contributed by atoms with Gasteiger partial charge in [-0.05, 0) is 61.6 Å². The summed E-state index contributed by atoms with van der Waals surface area (Å²) < 4.78 is 5.85. The number of hydrogen-bond donors (Lipinski definition) is 1. The Hall–Kier alpha value is -0.860. The summed E-state index contributed by atoms with van der Waals surface area (Å²) in [6.07, 6.45) is 7.93. The van der Waals surface area contributed by atoms with Crippen molar-refractivity contribution in [2.45, 2.75) is 64.5 Å². The highest BCUT2D eigenvalue weighted by atomic mass is 16.5. The predicted molar refractivity (Wildman–Crippen MR) is 87.5 cm³/mol. The van der Waals surface area contributed by atoms with E-state index in [2.05, 4.69) is 43.4 Å². The largest absolute Gasteiger partial charge is 0.378 e. The van der Waals surface area contributed by atoms with Crippen molar-refractivity contribution in [2.75, 3.05) is 13.2 Å². The second-order valence-corrected chi connectivity index (χ2v) is 7.35. The quantitative estimate of drug-likeness (QED) is 0.894. The van der Waals surface area contributed by atoms with E-state index < -0.39 is 0 Å². The van der Waals surface area contributed by atoms with E-state index >= 15 is 0 Å². The molecule has 2 heteroatoms. The summed E-state index contributed by atoms with van der Waals surface area (Å²) in [4.78, 5) is 0. The van der Waals surface area contributed by atoms with Crippen molar-refractivity contribution in [1.29, 1.82) is 0 Å². The van der Waals surface area contributed by atoms with Crippen LogP contribution in [0.1, 0.15) is 63.1 Å². The third-order valence-corrected chi connectivity index (χ3v) is 5.28. The minimum atomic E-state index is 0.335. The van der Waals surface area contributed by atoms with Gasteiger partial charge in [-0.1, -0.05) is 38.1 Å². The van der Waals surface area contributed by atoms with Crippen molar-refractivity contribution < 1.29 is 4.74 Å². The Morgan fingerprint density at radius 1 is 1.24 bits per heavy atom. The fraction of sp³-hybridized carbons (Fsp3) is 0.684. The lowest BCUT2D eigenvalue weighted by atomic mass is 9.70. The Morgan fingerprint density at radius 2 is 2.10 bits per heavy atom. The number of benzene rings is 1. The van der Waals surface area contributed by atoms with Gasteiger partial charge in [-0.15, -0.1) is 0 Å². The molecule has 0 bridgehead atoms. The second kappa shape index (κ2) is 6.50. The monoisotopic (exact) mass is 287 g/mol. The number of hydrogen-bond acceptors (Lipinski definition) is 2. The maximum absolute atomic E-state index is 5.85.